The molecule has 154 valence electrons. The quantitative estimate of drug-likeness (QED) is 0.516. The fourth-order valence-electron chi connectivity index (χ4n) is 3.51. The summed E-state index contributed by atoms with van der Waals surface area (Å²) >= 11 is 5.89. The van der Waals surface area contributed by atoms with Crippen molar-refractivity contribution in [3.05, 3.63) is 89.0 Å². The molecule has 30 heavy (non-hydrogen) atoms. The maximum atomic E-state index is 14.1. The topological polar surface area (TPSA) is 49.7 Å². The van der Waals surface area contributed by atoms with E-state index in [-0.39, 0.29) is 17.1 Å². The molecule has 0 saturated carbocycles. The Morgan fingerprint density at radius 2 is 1.60 bits per heavy atom. The highest BCUT2D eigenvalue weighted by atomic mass is 35.5. The van der Waals surface area contributed by atoms with Crippen LogP contribution in [0.3, 0.4) is 0 Å². The average Bonchev–Trinajstić information content (AvgIpc) is 2.70. The standard InChI is InChI=1S/C22H17ClF2N2O2S/c1-14-12-21(26-18-7-4-16(24)5-8-18)20-13-17(25)6-11-22(20)27(14)30(28,29)19-9-2-15(23)3-10-19/h2-11,13-14H,12H2,1H3. The molecule has 8 heteroatoms. The number of hydrogen-bond acceptors (Lipinski definition) is 3. The molecule has 1 heterocycles. The first-order valence-corrected chi connectivity index (χ1v) is 11.0. The van der Waals surface area contributed by atoms with Gasteiger partial charge in [0, 0.05) is 23.0 Å². The van der Waals surface area contributed by atoms with E-state index >= 15 is 0 Å². The number of anilines is 1. The number of halogens is 3. The van der Waals surface area contributed by atoms with Gasteiger partial charge in [0.2, 0.25) is 0 Å². The SMILES string of the molecule is CC1CC(=Nc2ccc(F)cc2)c2cc(F)ccc2N1S(=O)(=O)c1ccc(Cl)cc1. The van der Waals surface area contributed by atoms with Crippen LogP contribution in [0.15, 0.2) is 76.6 Å². The van der Waals surface area contributed by atoms with Crippen molar-refractivity contribution in [2.75, 3.05) is 4.31 Å². The highest BCUT2D eigenvalue weighted by molar-refractivity contribution is 7.92. The molecule has 0 aromatic heterocycles. The molecule has 0 radical (unpaired) electrons. The fourth-order valence-corrected chi connectivity index (χ4v) is 5.31. The van der Waals surface area contributed by atoms with Gasteiger partial charge in [-0.15, -0.1) is 0 Å². The Morgan fingerprint density at radius 3 is 2.27 bits per heavy atom. The van der Waals surface area contributed by atoms with Gasteiger partial charge in [0.25, 0.3) is 10.0 Å². The number of rotatable bonds is 3. The minimum atomic E-state index is -3.91. The Labute approximate surface area is 178 Å². The molecule has 1 aliphatic rings. The van der Waals surface area contributed by atoms with Gasteiger partial charge in [-0.25, -0.2) is 17.2 Å². The molecule has 1 aliphatic heterocycles. The number of hydrogen-bond donors (Lipinski definition) is 0. The highest BCUT2D eigenvalue weighted by Crippen LogP contribution is 2.37. The van der Waals surface area contributed by atoms with E-state index in [1.54, 1.807) is 6.92 Å². The van der Waals surface area contributed by atoms with Crippen molar-refractivity contribution in [3.63, 3.8) is 0 Å². The van der Waals surface area contributed by atoms with E-state index in [0.717, 1.165) is 0 Å². The minimum Gasteiger partial charge on any atom is -0.262 e. The molecule has 0 N–H and O–H groups in total. The summed E-state index contributed by atoms with van der Waals surface area (Å²) in [7, 11) is -3.91. The number of nitrogens with zero attached hydrogens (tertiary/aromatic N) is 2. The molecular formula is C22H17ClF2N2O2S. The third-order valence-corrected chi connectivity index (χ3v) is 7.05. The first kappa shape index (κ1) is 20.5. The smallest absolute Gasteiger partial charge is 0.262 e. The Kier molecular flexibility index (Phi) is 5.34. The van der Waals surface area contributed by atoms with Gasteiger partial charge >= 0.3 is 0 Å². The summed E-state index contributed by atoms with van der Waals surface area (Å²) in [6, 6.07) is 15.0. The van der Waals surface area contributed by atoms with Gasteiger partial charge in [-0.05, 0) is 73.7 Å². The van der Waals surface area contributed by atoms with E-state index in [0.29, 0.717) is 27.7 Å². The molecule has 4 nitrogen and oxygen atoms in total. The largest absolute Gasteiger partial charge is 0.264 e. The molecule has 0 saturated heterocycles. The van der Waals surface area contributed by atoms with Crippen molar-refractivity contribution < 1.29 is 17.2 Å². The minimum absolute atomic E-state index is 0.0907. The predicted octanol–water partition coefficient (Wildman–Crippen LogP) is 5.73. The van der Waals surface area contributed by atoms with Crippen LogP contribution in [-0.4, -0.2) is 20.2 Å². The number of aliphatic imine (C=N–C) groups is 1. The van der Waals surface area contributed by atoms with E-state index in [4.69, 9.17) is 11.6 Å². The van der Waals surface area contributed by atoms with Gasteiger partial charge in [0.1, 0.15) is 11.6 Å². The lowest BCUT2D eigenvalue weighted by Gasteiger charge is -2.36. The average molecular weight is 447 g/mol. The molecule has 1 atom stereocenters. The van der Waals surface area contributed by atoms with Crippen molar-refractivity contribution in [1.82, 2.24) is 0 Å². The van der Waals surface area contributed by atoms with Crippen LogP contribution in [0, 0.1) is 11.6 Å². The molecular weight excluding hydrogens is 430 g/mol. The second-order valence-electron chi connectivity index (χ2n) is 7.00. The van der Waals surface area contributed by atoms with Crippen LogP contribution in [0.4, 0.5) is 20.2 Å². The number of benzene rings is 3. The first-order chi connectivity index (χ1) is 14.3. The molecule has 0 aliphatic carbocycles. The van der Waals surface area contributed by atoms with Crippen LogP contribution < -0.4 is 4.31 Å². The molecule has 0 fully saturated rings. The summed E-state index contributed by atoms with van der Waals surface area (Å²) in [5, 5.41) is 0.428. The van der Waals surface area contributed by atoms with Gasteiger partial charge in [-0.2, -0.15) is 0 Å². The highest BCUT2D eigenvalue weighted by Gasteiger charge is 2.36. The zero-order valence-electron chi connectivity index (χ0n) is 15.9. The van der Waals surface area contributed by atoms with E-state index in [1.807, 2.05) is 0 Å². The van der Waals surface area contributed by atoms with E-state index in [2.05, 4.69) is 4.99 Å². The van der Waals surface area contributed by atoms with Crippen LogP contribution in [0.5, 0.6) is 0 Å². The van der Waals surface area contributed by atoms with Gasteiger partial charge in [0.05, 0.1) is 22.0 Å². The predicted molar refractivity (Wildman–Crippen MR) is 114 cm³/mol. The van der Waals surface area contributed by atoms with Gasteiger partial charge < -0.3 is 0 Å². The molecule has 0 amide bonds. The Hall–Kier alpha value is -2.77. The van der Waals surface area contributed by atoms with Gasteiger partial charge in [0.15, 0.2) is 0 Å². The molecule has 1 unspecified atom stereocenters. The second kappa shape index (κ2) is 7.81. The summed E-state index contributed by atoms with van der Waals surface area (Å²) in [5.74, 6) is -0.887. The molecule has 0 bridgehead atoms. The Morgan fingerprint density at radius 1 is 0.967 bits per heavy atom. The third-order valence-electron chi connectivity index (χ3n) is 4.86. The summed E-state index contributed by atoms with van der Waals surface area (Å²) < 4.78 is 55.3. The van der Waals surface area contributed by atoms with E-state index in [9.17, 15) is 17.2 Å². The molecule has 3 aromatic carbocycles. The van der Waals surface area contributed by atoms with Crippen molar-refractivity contribution in [1.29, 1.82) is 0 Å². The van der Waals surface area contributed by atoms with Crippen molar-refractivity contribution in [3.8, 4) is 0 Å². The van der Waals surface area contributed by atoms with Gasteiger partial charge in [-0.3, -0.25) is 9.30 Å². The van der Waals surface area contributed by atoms with Crippen molar-refractivity contribution in [2.45, 2.75) is 24.3 Å². The Balaban J connectivity index is 1.84. The molecule has 3 aromatic rings. The van der Waals surface area contributed by atoms with Gasteiger partial charge in [-0.1, -0.05) is 11.6 Å². The third kappa shape index (κ3) is 3.82. The summed E-state index contributed by atoms with van der Waals surface area (Å²) in [4.78, 5) is 4.63. The molecule has 0 spiro atoms. The molecule has 4 rings (SSSR count). The maximum Gasteiger partial charge on any atom is 0.264 e. The monoisotopic (exact) mass is 446 g/mol. The summed E-state index contributed by atoms with van der Waals surface area (Å²) in [5.41, 5.74) is 1.76. The normalized spacial score (nSPS) is 17.8. The zero-order valence-corrected chi connectivity index (χ0v) is 17.5. The summed E-state index contributed by atoms with van der Waals surface area (Å²) in [6.45, 7) is 1.76. The maximum absolute atomic E-state index is 14.1. The zero-order chi connectivity index (χ0) is 21.5. The first-order valence-electron chi connectivity index (χ1n) is 9.19. The van der Waals surface area contributed by atoms with Crippen LogP contribution in [0.1, 0.15) is 18.9 Å². The van der Waals surface area contributed by atoms with Crippen LogP contribution in [0.25, 0.3) is 0 Å². The lowest BCUT2D eigenvalue weighted by Crippen LogP contribution is -2.44. The number of sulfonamides is 1. The van der Waals surface area contributed by atoms with E-state index < -0.39 is 21.9 Å². The lowest BCUT2D eigenvalue weighted by molar-refractivity contribution is 0.579. The van der Waals surface area contributed by atoms with Crippen LogP contribution in [-0.2, 0) is 10.0 Å². The Bertz CT molecular complexity index is 1230. The van der Waals surface area contributed by atoms with E-state index in [1.165, 1.54) is 71.0 Å². The van der Waals surface area contributed by atoms with Crippen LogP contribution in [0.2, 0.25) is 5.02 Å². The van der Waals surface area contributed by atoms with Crippen molar-refractivity contribution in [2.24, 2.45) is 4.99 Å². The van der Waals surface area contributed by atoms with Crippen molar-refractivity contribution >= 4 is 38.7 Å². The van der Waals surface area contributed by atoms with Crippen LogP contribution >= 0.6 is 11.6 Å². The second-order valence-corrected chi connectivity index (χ2v) is 9.26. The fraction of sp³-hybridized carbons (Fsp3) is 0.136. The summed E-state index contributed by atoms with van der Waals surface area (Å²) in [6.07, 6.45) is 0.265. The number of fused-ring (bicyclic) bond motifs is 1. The lowest BCUT2D eigenvalue weighted by atomic mass is 9.96.